The van der Waals surface area contributed by atoms with E-state index in [0.29, 0.717) is 17.6 Å². The number of carbonyl (C=O) groups excluding carboxylic acids is 2. The molecule has 152 valence electrons. The predicted octanol–water partition coefficient (Wildman–Crippen LogP) is 2.55. The monoisotopic (exact) mass is 417 g/mol. The molecular weight excluding hydrogens is 398 g/mol. The molecule has 0 aliphatic carbocycles. The van der Waals surface area contributed by atoms with Gasteiger partial charge < -0.3 is 25.6 Å². The number of amidine groups is 1. The van der Waals surface area contributed by atoms with E-state index in [9.17, 15) is 9.59 Å². The molecule has 0 spiro atoms. The fourth-order valence-corrected chi connectivity index (χ4v) is 2.42. The first-order valence-electron chi connectivity index (χ1n) is 8.50. The summed E-state index contributed by atoms with van der Waals surface area (Å²) in [6.07, 6.45) is 3.64. The number of hydrogen-bond acceptors (Lipinski definition) is 6. The Morgan fingerprint density at radius 1 is 1.28 bits per heavy atom. The molecule has 1 amide bonds. The van der Waals surface area contributed by atoms with E-state index in [-0.39, 0.29) is 41.1 Å². The van der Waals surface area contributed by atoms with Gasteiger partial charge in [-0.15, -0.1) is 0 Å². The largest absolute Gasteiger partial charge is 0.491 e. The molecule has 2 rings (SSSR count). The summed E-state index contributed by atoms with van der Waals surface area (Å²) < 4.78 is 11.1. The van der Waals surface area contributed by atoms with E-state index < -0.39 is 5.91 Å². The third-order valence-electron chi connectivity index (χ3n) is 3.46. The number of nitrogens with one attached hydrogen (secondary N) is 1. The summed E-state index contributed by atoms with van der Waals surface area (Å²) in [5, 5.41) is 11.9. The molecule has 0 aliphatic heterocycles. The topological polar surface area (TPSA) is 123 Å². The van der Waals surface area contributed by atoms with E-state index in [0.717, 1.165) is 0 Å². The maximum Gasteiger partial charge on any atom is 0.279 e. The number of aliphatic hydroxyl groups excluding tert-OH is 1. The minimum Gasteiger partial charge on any atom is -0.491 e. The molecule has 0 saturated heterocycles. The van der Waals surface area contributed by atoms with E-state index in [1.54, 1.807) is 13.1 Å². The Balaban J connectivity index is 2.36. The maximum atomic E-state index is 12.5. The Morgan fingerprint density at radius 3 is 2.69 bits per heavy atom. The van der Waals surface area contributed by atoms with Gasteiger partial charge in [-0.3, -0.25) is 9.59 Å². The van der Waals surface area contributed by atoms with Crippen LogP contribution in [-0.4, -0.2) is 43.4 Å². The summed E-state index contributed by atoms with van der Waals surface area (Å²) >= 11 is 6.13. The van der Waals surface area contributed by atoms with Gasteiger partial charge in [0.25, 0.3) is 5.91 Å². The summed E-state index contributed by atoms with van der Waals surface area (Å²) in [4.78, 5) is 27.1. The van der Waals surface area contributed by atoms with Crippen molar-refractivity contribution in [2.45, 2.75) is 0 Å². The van der Waals surface area contributed by atoms with Gasteiger partial charge in [0.05, 0.1) is 11.6 Å². The first-order valence-corrected chi connectivity index (χ1v) is 8.88. The number of nitrogens with two attached hydrogens (primary N) is 1. The van der Waals surface area contributed by atoms with Crippen molar-refractivity contribution < 1.29 is 24.2 Å². The molecule has 2 aromatic rings. The number of carbonyl (C=O) groups is 2. The van der Waals surface area contributed by atoms with Crippen LogP contribution >= 0.6 is 11.6 Å². The number of aliphatic imine (C=N–C) groups is 1. The summed E-state index contributed by atoms with van der Waals surface area (Å²) in [5.41, 5.74) is 6.25. The molecule has 0 saturated carbocycles. The van der Waals surface area contributed by atoms with Crippen LogP contribution in [0.4, 0.5) is 0 Å². The first kappa shape index (κ1) is 21.9. The van der Waals surface area contributed by atoms with Crippen LogP contribution in [0.15, 0.2) is 53.7 Å². The van der Waals surface area contributed by atoms with Crippen molar-refractivity contribution in [1.29, 1.82) is 0 Å². The van der Waals surface area contributed by atoms with E-state index in [1.807, 2.05) is 0 Å². The number of rotatable bonds is 9. The highest BCUT2D eigenvalue weighted by Crippen LogP contribution is 2.32. The molecule has 8 nitrogen and oxygen atoms in total. The fourth-order valence-electron chi connectivity index (χ4n) is 2.19. The quantitative estimate of drug-likeness (QED) is 0.325. The van der Waals surface area contributed by atoms with Gasteiger partial charge in [-0.1, -0.05) is 11.6 Å². The van der Waals surface area contributed by atoms with Crippen LogP contribution in [0.2, 0.25) is 5.02 Å². The summed E-state index contributed by atoms with van der Waals surface area (Å²) in [5.74, 6) is 0.241. The second-order valence-corrected chi connectivity index (χ2v) is 6.05. The second-order valence-electron chi connectivity index (χ2n) is 5.64. The molecule has 9 heteroatoms. The van der Waals surface area contributed by atoms with Crippen molar-refractivity contribution in [3.63, 3.8) is 0 Å². The molecule has 0 unspecified atom stereocenters. The predicted molar refractivity (Wildman–Crippen MR) is 110 cm³/mol. The summed E-state index contributed by atoms with van der Waals surface area (Å²) in [6.45, 7) is -0.171. The first-order chi connectivity index (χ1) is 14.0. The number of aliphatic hydroxyl groups is 1. The molecule has 0 fully saturated rings. The lowest BCUT2D eigenvalue weighted by Gasteiger charge is -2.12. The van der Waals surface area contributed by atoms with Gasteiger partial charge in [0.2, 0.25) is 0 Å². The molecular formula is C20H20ClN3O5. The van der Waals surface area contributed by atoms with Crippen LogP contribution in [-0.2, 0) is 0 Å². The van der Waals surface area contributed by atoms with Gasteiger partial charge in [0.1, 0.15) is 36.0 Å². The van der Waals surface area contributed by atoms with E-state index >= 15 is 0 Å². The van der Waals surface area contributed by atoms with E-state index in [2.05, 4.69) is 10.3 Å². The zero-order valence-electron chi connectivity index (χ0n) is 15.6. The molecule has 0 heterocycles. The Labute approximate surface area is 172 Å². The number of amides is 1. The third kappa shape index (κ3) is 6.63. The Hall–Kier alpha value is -3.36. The normalized spacial score (nSPS) is 11.3. The molecule has 0 aromatic heterocycles. The lowest BCUT2D eigenvalue weighted by atomic mass is 10.2. The van der Waals surface area contributed by atoms with Crippen molar-refractivity contribution in [1.82, 2.24) is 5.32 Å². The second kappa shape index (κ2) is 10.8. The van der Waals surface area contributed by atoms with Crippen LogP contribution in [0.5, 0.6) is 17.2 Å². The number of hydrogen-bond donors (Lipinski definition) is 3. The average molecular weight is 418 g/mol. The van der Waals surface area contributed by atoms with Gasteiger partial charge in [0.15, 0.2) is 0 Å². The highest BCUT2D eigenvalue weighted by molar-refractivity contribution is 6.32. The number of halogens is 1. The molecule has 29 heavy (non-hydrogen) atoms. The van der Waals surface area contributed by atoms with Crippen LogP contribution in [0.1, 0.15) is 20.7 Å². The summed E-state index contributed by atoms with van der Waals surface area (Å²) in [7, 11) is 1.68. The van der Waals surface area contributed by atoms with Crippen molar-refractivity contribution in [2.24, 2.45) is 10.7 Å². The third-order valence-corrected chi connectivity index (χ3v) is 3.75. The Bertz CT molecular complexity index is 944. The zero-order chi connectivity index (χ0) is 21.2. The Morgan fingerprint density at radius 2 is 2.03 bits per heavy atom. The molecule has 0 aliphatic rings. The minimum absolute atomic E-state index is 0.0148. The number of ether oxygens (including phenoxy) is 2. The van der Waals surface area contributed by atoms with Crippen LogP contribution in [0.25, 0.3) is 0 Å². The van der Waals surface area contributed by atoms with Gasteiger partial charge in [-0.05, 0) is 42.6 Å². The van der Waals surface area contributed by atoms with E-state index in [4.69, 9.17) is 31.9 Å². The van der Waals surface area contributed by atoms with Crippen LogP contribution in [0.3, 0.4) is 0 Å². The maximum absolute atomic E-state index is 12.5. The number of aldehydes is 1. The van der Waals surface area contributed by atoms with Gasteiger partial charge in [-0.2, -0.15) is 4.99 Å². The Kier molecular flexibility index (Phi) is 8.20. The smallest absolute Gasteiger partial charge is 0.279 e. The zero-order valence-corrected chi connectivity index (χ0v) is 16.3. The molecule has 2 aromatic carbocycles. The van der Waals surface area contributed by atoms with Crippen molar-refractivity contribution in [3.05, 3.63) is 64.8 Å². The highest BCUT2D eigenvalue weighted by Gasteiger charge is 2.12. The minimum atomic E-state index is -0.607. The van der Waals surface area contributed by atoms with Crippen molar-refractivity contribution >= 4 is 29.6 Å². The SMILES string of the molecule is CN/C=C\C(N)=NC(=O)c1cc(OCCO)cc(Oc2ccc(C=O)cc2Cl)c1. The van der Waals surface area contributed by atoms with Gasteiger partial charge in [0, 0.05) is 24.2 Å². The summed E-state index contributed by atoms with van der Waals surface area (Å²) in [6, 6.07) is 8.99. The molecule has 0 atom stereocenters. The average Bonchev–Trinajstić information content (AvgIpc) is 2.72. The molecule has 0 bridgehead atoms. The lowest BCUT2D eigenvalue weighted by Crippen LogP contribution is -2.12. The van der Waals surface area contributed by atoms with Crippen LogP contribution in [0, 0.1) is 0 Å². The van der Waals surface area contributed by atoms with Crippen LogP contribution < -0.4 is 20.5 Å². The van der Waals surface area contributed by atoms with Gasteiger partial charge >= 0.3 is 0 Å². The lowest BCUT2D eigenvalue weighted by molar-refractivity contribution is 0.100. The number of benzene rings is 2. The number of nitrogens with zero attached hydrogens (tertiary/aromatic N) is 1. The van der Waals surface area contributed by atoms with Gasteiger partial charge in [-0.25, -0.2) is 0 Å². The standard InChI is InChI=1S/C20H20ClN3O5/c1-23-5-4-19(22)24-20(27)14-9-15(28-7-6-25)11-16(10-14)29-18-3-2-13(12-26)8-17(18)21/h2-5,8-12,23,25H,6-7H2,1H3,(H2,22,24,27)/b5-4-. The molecule has 0 radical (unpaired) electrons. The highest BCUT2D eigenvalue weighted by atomic mass is 35.5. The van der Waals surface area contributed by atoms with E-state index in [1.165, 1.54) is 42.6 Å². The molecule has 4 N–H and O–H groups in total. The van der Waals surface area contributed by atoms with Crippen molar-refractivity contribution in [3.8, 4) is 17.2 Å². The fraction of sp³-hybridized carbons (Fsp3) is 0.150. The van der Waals surface area contributed by atoms with Crippen molar-refractivity contribution in [2.75, 3.05) is 20.3 Å².